The number of benzene rings is 1. The Balaban J connectivity index is 2.21. The molecule has 0 saturated carbocycles. The fraction of sp³-hybridized carbons (Fsp3) is 0.333. The van der Waals surface area contributed by atoms with Crippen LogP contribution < -0.4 is 0 Å². The Bertz CT molecular complexity index is 769. The Morgan fingerprint density at radius 1 is 1.33 bits per heavy atom. The van der Waals surface area contributed by atoms with Gasteiger partial charge in [-0.3, -0.25) is 19.2 Å². The van der Waals surface area contributed by atoms with Crippen molar-refractivity contribution in [3.05, 3.63) is 34.4 Å². The normalized spacial score (nSPS) is 20.8. The van der Waals surface area contributed by atoms with Gasteiger partial charge < -0.3 is 10.2 Å². The molecule has 12 heteroatoms. The molecule has 24 heavy (non-hydrogen) atoms. The molecule has 0 spiro atoms. The number of aliphatic carboxylic acids is 1. The summed E-state index contributed by atoms with van der Waals surface area (Å²) in [4.78, 5) is 32.0. The number of nitrogens with zero attached hydrogens (tertiary/aromatic N) is 2. The van der Waals surface area contributed by atoms with Gasteiger partial charge in [0, 0.05) is 18.6 Å². The van der Waals surface area contributed by atoms with Crippen LogP contribution in [0.2, 0.25) is 0 Å². The highest BCUT2D eigenvalue weighted by Gasteiger charge is 2.42. The molecule has 1 aliphatic heterocycles. The van der Waals surface area contributed by atoms with Crippen LogP contribution >= 0.6 is 0 Å². The predicted molar refractivity (Wildman–Crippen MR) is 75.9 cm³/mol. The van der Waals surface area contributed by atoms with Gasteiger partial charge in [-0.25, -0.2) is 9.59 Å². The van der Waals surface area contributed by atoms with Crippen molar-refractivity contribution in [2.45, 2.75) is 23.5 Å². The van der Waals surface area contributed by atoms with Crippen molar-refractivity contribution in [1.29, 1.82) is 0 Å². The first-order valence-electron chi connectivity index (χ1n) is 6.52. The number of carbonyl (C=O) groups is 2. The van der Waals surface area contributed by atoms with Crippen LogP contribution in [0.3, 0.4) is 0 Å². The maximum Gasteiger partial charge on any atom is 0.408 e. The molecule has 2 rings (SSSR count). The lowest BCUT2D eigenvalue weighted by atomic mass is 10.2. The molecule has 0 aliphatic carbocycles. The Morgan fingerprint density at radius 2 is 2.00 bits per heavy atom. The van der Waals surface area contributed by atoms with Crippen molar-refractivity contribution >= 4 is 27.9 Å². The molecule has 130 valence electrons. The summed E-state index contributed by atoms with van der Waals surface area (Å²) in [5.74, 6) is -1.42. The van der Waals surface area contributed by atoms with E-state index >= 15 is 0 Å². The van der Waals surface area contributed by atoms with Crippen LogP contribution in [0.15, 0.2) is 29.2 Å². The van der Waals surface area contributed by atoms with Gasteiger partial charge >= 0.3 is 12.1 Å². The third-order valence-electron chi connectivity index (χ3n) is 3.37. The van der Waals surface area contributed by atoms with Crippen LogP contribution in [-0.4, -0.2) is 59.2 Å². The quantitative estimate of drug-likeness (QED) is 0.432. The van der Waals surface area contributed by atoms with Gasteiger partial charge in [0.25, 0.3) is 15.8 Å². The number of likely N-dealkylation sites (tertiary alicyclic amines) is 1. The van der Waals surface area contributed by atoms with Crippen molar-refractivity contribution in [2.24, 2.45) is 0 Å². The van der Waals surface area contributed by atoms with Gasteiger partial charge in [0.1, 0.15) is 10.9 Å². The number of non-ortho nitro benzene ring substituents is 1. The van der Waals surface area contributed by atoms with E-state index in [1.54, 1.807) is 0 Å². The lowest BCUT2D eigenvalue weighted by Crippen LogP contribution is -2.39. The second-order valence-corrected chi connectivity index (χ2v) is 6.52. The van der Waals surface area contributed by atoms with Gasteiger partial charge in [-0.15, -0.1) is 0 Å². The van der Waals surface area contributed by atoms with E-state index in [2.05, 4.69) is 0 Å². The van der Waals surface area contributed by atoms with Crippen molar-refractivity contribution in [3.63, 3.8) is 0 Å². The first-order valence-corrected chi connectivity index (χ1v) is 7.93. The summed E-state index contributed by atoms with van der Waals surface area (Å²) < 4.78 is 29.2. The van der Waals surface area contributed by atoms with Crippen molar-refractivity contribution < 1.29 is 37.3 Å². The summed E-state index contributed by atoms with van der Waals surface area (Å²) in [6, 6.07) is 2.72. The number of carboxylic acid groups (broad SMARTS) is 2. The number of nitro groups is 1. The lowest BCUT2D eigenvalue weighted by Gasteiger charge is -2.16. The molecule has 1 amide bonds. The zero-order valence-electron chi connectivity index (χ0n) is 11.9. The second-order valence-electron chi connectivity index (χ2n) is 4.95. The summed E-state index contributed by atoms with van der Waals surface area (Å²) in [6.45, 7) is -0.444. The molecule has 1 heterocycles. The number of carboxylic acids is 1. The Kier molecular flexibility index (Phi) is 4.71. The number of hydrogen-bond acceptors (Lipinski definition) is 7. The maximum absolute atomic E-state index is 12.2. The highest BCUT2D eigenvalue weighted by molar-refractivity contribution is 7.86. The van der Waals surface area contributed by atoms with Crippen LogP contribution in [0.1, 0.15) is 6.42 Å². The van der Waals surface area contributed by atoms with Gasteiger partial charge in [0.05, 0.1) is 17.6 Å². The lowest BCUT2D eigenvalue weighted by molar-refractivity contribution is -0.385. The molecule has 0 unspecified atom stereocenters. The number of nitro benzene ring substituents is 1. The summed E-state index contributed by atoms with van der Waals surface area (Å²) >= 11 is 0. The third-order valence-corrected chi connectivity index (χ3v) is 4.73. The predicted octanol–water partition coefficient (Wildman–Crippen LogP) is 0.506. The van der Waals surface area contributed by atoms with E-state index < -0.39 is 56.4 Å². The number of hydrogen-bond donors (Lipinski definition) is 2. The van der Waals surface area contributed by atoms with Crippen LogP contribution in [0.5, 0.6) is 0 Å². The van der Waals surface area contributed by atoms with Crippen molar-refractivity contribution in [1.82, 2.24) is 4.90 Å². The third kappa shape index (κ3) is 3.60. The van der Waals surface area contributed by atoms with Gasteiger partial charge in [0.15, 0.2) is 0 Å². The Labute approximate surface area is 135 Å². The highest BCUT2D eigenvalue weighted by atomic mass is 32.2. The molecular formula is C12H12N2O9S. The summed E-state index contributed by atoms with van der Waals surface area (Å²) in [5.41, 5.74) is -0.457. The molecule has 0 bridgehead atoms. The topological polar surface area (TPSA) is 164 Å². The maximum atomic E-state index is 12.2. The van der Waals surface area contributed by atoms with Gasteiger partial charge in [0.2, 0.25) is 0 Å². The standard InChI is InChI=1S/C12H12N2O9S/c15-11(16)10-5-8(6-13(10)12(17)18)23-24(21,22)9-3-1-2-7(4-9)14(19)20/h1-4,8,10H,5-6H2,(H,15,16)(H,17,18)/t8-,10-/m0/s1. The first kappa shape index (κ1) is 17.6. The van der Waals surface area contributed by atoms with Crippen molar-refractivity contribution in [2.75, 3.05) is 6.54 Å². The van der Waals surface area contributed by atoms with E-state index in [9.17, 15) is 28.1 Å². The van der Waals surface area contributed by atoms with Crippen LogP contribution in [0.25, 0.3) is 0 Å². The minimum absolute atomic E-state index is 0.351. The monoisotopic (exact) mass is 360 g/mol. The van der Waals surface area contributed by atoms with E-state index in [1.807, 2.05) is 0 Å². The average molecular weight is 360 g/mol. The van der Waals surface area contributed by atoms with E-state index in [0.717, 1.165) is 24.3 Å². The zero-order chi connectivity index (χ0) is 18.1. The Hall–Kier alpha value is -2.73. The molecule has 0 aromatic heterocycles. The van der Waals surface area contributed by atoms with E-state index in [4.69, 9.17) is 14.4 Å². The molecule has 2 atom stereocenters. The van der Waals surface area contributed by atoms with E-state index in [0.29, 0.717) is 4.90 Å². The fourth-order valence-electron chi connectivity index (χ4n) is 2.30. The van der Waals surface area contributed by atoms with Crippen LogP contribution in [0, 0.1) is 10.1 Å². The Morgan fingerprint density at radius 3 is 2.50 bits per heavy atom. The first-order chi connectivity index (χ1) is 11.1. The fourth-order valence-corrected chi connectivity index (χ4v) is 3.42. The molecule has 2 N–H and O–H groups in total. The van der Waals surface area contributed by atoms with Gasteiger partial charge in [-0.2, -0.15) is 8.42 Å². The molecule has 1 aromatic carbocycles. The largest absolute Gasteiger partial charge is 0.480 e. The minimum Gasteiger partial charge on any atom is -0.480 e. The van der Waals surface area contributed by atoms with E-state index in [1.165, 1.54) is 0 Å². The number of amides is 1. The van der Waals surface area contributed by atoms with Gasteiger partial charge in [-0.1, -0.05) is 6.07 Å². The summed E-state index contributed by atoms with van der Waals surface area (Å²) in [6.07, 6.45) is -3.07. The van der Waals surface area contributed by atoms with Crippen LogP contribution in [0.4, 0.5) is 10.5 Å². The molecular weight excluding hydrogens is 348 g/mol. The minimum atomic E-state index is -4.41. The molecule has 0 radical (unpaired) electrons. The SMILES string of the molecule is O=C(O)[C@@H]1C[C@H](OS(=O)(=O)c2cccc([N+](=O)[O-])c2)CN1C(=O)O. The van der Waals surface area contributed by atoms with Crippen molar-refractivity contribution in [3.8, 4) is 0 Å². The van der Waals surface area contributed by atoms with Crippen LogP contribution in [-0.2, 0) is 19.1 Å². The average Bonchev–Trinajstić information content (AvgIpc) is 2.91. The van der Waals surface area contributed by atoms with E-state index in [-0.39, 0.29) is 6.42 Å². The number of rotatable bonds is 5. The van der Waals surface area contributed by atoms with Gasteiger partial charge in [-0.05, 0) is 6.07 Å². The zero-order valence-corrected chi connectivity index (χ0v) is 12.7. The summed E-state index contributed by atoms with van der Waals surface area (Å²) in [5, 5.41) is 28.6. The molecule has 1 aromatic rings. The molecule has 1 fully saturated rings. The molecule has 11 nitrogen and oxygen atoms in total. The second kappa shape index (κ2) is 6.41. The smallest absolute Gasteiger partial charge is 0.408 e. The summed E-state index contributed by atoms with van der Waals surface area (Å²) in [7, 11) is -4.41. The highest BCUT2D eigenvalue weighted by Crippen LogP contribution is 2.26. The molecule has 1 saturated heterocycles. The molecule has 1 aliphatic rings.